The summed E-state index contributed by atoms with van der Waals surface area (Å²) in [6, 6.07) is 7.76. The number of nitrogens with zero attached hydrogens (tertiary/aromatic N) is 6. The maximum Gasteiger partial charge on any atom is 0.306 e. The summed E-state index contributed by atoms with van der Waals surface area (Å²) < 4.78 is 8.21. The number of ether oxygens (including phenoxy) is 1. The minimum Gasteiger partial charge on any atom is -0.466 e. The highest BCUT2D eigenvalue weighted by atomic mass is 16.5. The number of anilines is 1. The predicted molar refractivity (Wildman–Crippen MR) is 122 cm³/mol. The third-order valence-electron chi connectivity index (χ3n) is 5.31. The van der Waals surface area contributed by atoms with Gasteiger partial charge < -0.3 is 10.1 Å². The monoisotopic (exact) mass is 447 g/mol. The van der Waals surface area contributed by atoms with Crippen LogP contribution in [0, 0.1) is 20.8 Å². The maximum atomic E-state index is 12.4. The molecule has 0 aliphatic carbocycles. The highest BCUT2D eigenvalue weighted by molar-refractivity contribution is 5.93. The van der Waals surface area contributed by atoms with E-state index in [1.807, 2.05) is 39.0 Å². The molecule has 0 atom stereocenters. The van der Waals surface area contributed by atoms with E-state index in [9.17, 15) is 9.59 Å². The molecular weight excluding hydrogens is 422 g/mol. The first-order valence-electron chi connectivity index (χ1n) is 10.7. The van der Waals surface area contributed by atoms with Gasteiger partial charge in [-0.3, -0.25) is 9.59 Å². The molecule has 0 bridgehead atoms. The smallest absolute Gasteiger partial charge is 0.306 e. The summed E-state index contributed by atoms with van der Waals surface area (Å²) in [7, 11) is 0. The summed E-state index contributed by atoms with van der Waals surface area (Å²) in [4.78, 5) is 32.8. The molecule has 0 aliphatic rings. The lowest BCUT2D eigenvalue weighted by atomic mass is 10.1. The third-order valence-corrected chi connectivity index (χ3v) is 5.31. The summed E-state index contributed by atoms with van der Waals surface area (Å²) in [5, 5.41) is 12.6. The molecule has 10 heteroatoms. The van der Waals surface area contributed by atoms with E-state index in [4.69, 9.17) is 4.74 Å². The van der Waals surface area contributed by atoms with Crippen molar-refractivity contribution in [2.45, 2.75) is 40.5 Å². The van der Waals surface area contributed by atoms with Gasteiger partial charge >= 0.3 is 5.97 Å². The lowest BCUT2D eigenvalue weighted by Crippen LogP contribution is -2.17. The summed E-state index contributed by atoms with van der Waals surface area (Å²) >= 11 is 0. The van der Waals surface area contributed by atoms with Gasteiger partial charge in [0.2, 0.25) is 5.91 Å². The Bertz CT molecular complexity index is 1340. The lowest BCUT2D eigenvalue weighted by molar-refractivity contribution is -0.144. The number of carbonyl (C=O) groups excluding carboxylic acids is 2. The second-order valence-electron chi connectivity index (χ2n) is 7.65. The van der Waals surface area contributed by atoms with Gasteiger partial charge in [-0.2, -0.15) is 14.9 Å². The molecule has 3 heterocycles. The molecule has 1 aromatic carbocycles. The third kappa shape index (κ3) is 4.45. The average molecular weight is 447 g/mol. The molecule has 0 fully saturated rings. The summed E-state index contributed by atoms with van der Waals surface area (Å²) in [5.74, 6) is 0.209. The quantitative estimate of drug-likeness (QED) is 0.432. The van der Waals surface area contributed by atoms with Gasteiger partial charge in [0.25, 0.3) is 0 Å². The van der Waals surface area contributed by atoms with E-state index in [1.54, 1.807) is 28.6 Å². The van der Waals surface area contributed by atoms with Gasteiger partial charge in [0.1, 0.15) is 12.1 Å². The van der Waals surface area contributed by atoms with Crippen LogP contribution in [0.3, 0.4) is 0 Å². The normalized spacial score (nSPS) is 11.0. The van der Waals surface area contributed by atoms with Gasteiger partial charge in [-0.05, 0) is 44.9 Å². The van der Waals surface area contributed by atoms with Crippen LogP contribution < -0.4 is 5.32 Å². The van der Waals surface area contributed by atoms with Crippen LogP contribution in [0.15, 0.2) is 36.8 Å². The summed E-state index contributed by atoms with van der Waals surface area (Å²) in [5.41, 5.74) is 4.51. The first-order chi connectivity index (χ1) is 15.9. The van der Waals surface area contributed by atoms with E-state index >= 15 is 0 Å². The van der Waals surface area contributed by atoms with Crippen molar-refractivity contribution in [2.75, 3.05) is 11.9 Å². The number of aromatic nitrogens is 6. The molecule has 170 valence electrons. The fourth-order valence-electron chi connectivity index (χ4n) is 3.55. The molecule has 4 aromatic rings. The molecule has 10 nitrogen and oxygen atoms in total. The zero-order valence-corrected chi connectivity index (χ0v) is 19.0. The van der Waals surface area contributed by atoms with Gasteiger partial charge in [0.05, 0.1) is 36.0 Å². The van der Waals surface area contributed by atoms with Crippen LogP contribution in [0.1, 0.15) is 36.6 Å². The minimum absolute atomic E-state index is 0.00676. The highest BCUT2D eigenvalue weighted by Crippen LogP contribution is 2.26. The Labute approximate surface area is 190 Å². The van der Waals surface area contributed by atoms with Crippen LogP contribution in [-0.2, 0) is 14.3 Å². The number of rotatable bonds is 7. The Balaban J connectivity index is 1.68. The largest absolute Gasteiger partial charge is 0.466 e. The summed E-state index contributed by atoms with van der Waals surface area (Å²) in [6.07, 6.45) is 3.15. The molecule has 1 N–H and O–H groups in total. The van der Waals surface area contributed by atoms with E-state index in [1.165, 1.54) is 6.33 Å². The fraction of sp³-hybridized carbons (Fsp3) is 0.304. The first kappa shape index (κ1) is 22.1. The van der Waals surface area contributed by atoms with Crippen molar-refractivity contribution in [1.29, 1.82) is 0 Å². The standard InChI is InChI=1S/C23H25N7O3/c1-5-33-21(32)10-9-20(31)27-19-11-15(3)28-30(19)23-17-12-26-29(22(17)24-13-25-23)18-8-6-7-14(2)16(18)4/h6-8,11-13H,5,9-10H2,1-4H3,(H,27,31). The molecule has 0 unspecified atom stereocenters. The second-order valence-corrected chi connectivity index (χ2v) is 7.65. The number of nitrogens with one attached hydrogen (secondary N) is 1. The zero-order chi connectivity index (χ0) is 23.5. The molecule has 0 saturated carbocycles. The van der Waals surface area contributed by atoms with E-state index < -0.39 is 5.97 Å². The number of benzene rings is 1. The van der Waals surface area contributed by atoms with Crippen LogP contribution in [-0.4, -0.2) is 48.0 Å². The molecule has 0 spiro atoms. The molecule has 33 heavy (non-hydrogen) atoms. The number of fused-ring (bicyclic) bond motifs is 1. The number of hydrogen-bond donors (Lipinski definition) is 1. The molecule has 1 amide bonds. The lowest BCUT2D eigenvalue weighted by Gasteiger charge is -2.10. The van der Waals surface area contributed by atoms with E-state index in [2.05, 4.69) is 25.5 Å². The number of aryl methyl sites for hydroxylation is 2. The summed E-state index contributed by atoms with van der Waals surface area (Å²) in [6.45, 7) is 7.92. The van der Waals surface area contributed by atoms with Crippen molar-refractivity contribution < 1.29 is 14.3 Å². The van der Waals surface area contributed by atoms with Gasteiger partial charge in [0.15, 0.2) is 11.5 Å². The van der Waals surface area contributed by atoms with Crippen molar-refractivity contribution >= 4 is 28.7 Å². The Morgan fingerprint density at radius 3 is 2.70 bits per heavy atom. The van der Waals surface area contributed by atoms with Crippen LogP contribution in [0.5, 0.6) is 0 Å². The molecule has 4 rings (SSSR count). The second kappa shape index (κ2) is 9.19. The van der Waals surface area contributed by atoms with Crippen molar-refractivity contribution in [3.05, 3.63) is 53.6 Å². The van der Waals surface area contributed by atoms with E-state index in [0.29, 0.717) is 28.4 Å². The van der Waals surface area contributed by atoms with Crippen LogP contribution >= 0.6 is 0 Å². The van der Waals surface area contributed by atoms with E-state index in [0.717, 1.165) is 16.8 Å². The number of esters is 1. The molecule has 3 aromatic heterocycles. The topological polar surface area (TPSA) is 117 Å². The van der Waals surface area contributed by atoms with Crippen LogP contribution in [0.4, 0.5) is 5.82 Å². The van der Waals surface area contributed by atoms with Crippen LogP contribution in [0.2, 0.25) is 0 Å². The average Bonchev–Trinajstić information content (AvgIpc) is 3.37. The Morgan fingerprint density at radius 1 is 1.09 bits per heavy atom. The van der Waals surface area contributed by atoms with Gasteiger partial charge in [-0.15, -0.1) is 0 Å². The van der Waals surface area contributed by atoms with Gasteiger partial charge in [0, 0.05) is 12.5 Å². The molecule has 0 aliphatic heterocycles. The Hall–Kier alpha value is -4.08. The Morgan fingerprint density at radius 2 is 1.91 bits per heavy atom. The first-order valence-corrected chi connectivity index (χ1v) is 10.7. The maximum absolute atomic E-state index is 12.4. The molecular formula is C23H25N7O3. The number of amides is 1. The van der Waals surface area contributed by atoms with Crippen molar-refractivity contribution in [3.8, 4) is 11.5 Å². The molecule has 0 radical (unpaired) electrons. The minimum atomic E-state index is -0.409. The zero-order valence-electron chi connectivity index (χ0n) is 19.0. The SMILES string of the molecule is CCOC(=O)CCC(=O)Nc1cc(C)nn1-c1ncnc2c1cnn2-c1cccc(C)c1C. The Kier molecular flexibility index (Phi) is 6.16. The number of carbonyl (C=O) groups is 2. The highest BCUT2D eigenvalue weighted by Gasteiger charge is 2.18. The van der Waals surface area contributed by atoms with Crippen molar-refractivity contribution in [1.82, 2.24) is 29.5 Å². The fourth-order valence-corrected chi connectivity index (χ4v) is 3.55. The number of hydrogen-bond acceptors (Lipinski definition) is 7. The van der Waals surface area contributed by atoms with Crippen molar-refractivity contribution in [3.63, 3.8) is 0 Å². The molecule has 0 saturated heterocycles. The predicted octanol–water partition coefficient (Wildman–Crippen LogP) is 3.21. The van der Waals surface area contributed by atoms with Crippen molar-refractivity contribution in [2.24, 2.45) is 0 Å². The van der Waals surface area contributed by atoms with Gasteiger partial charge in [-0.1, -0.05) is 12.1 Å². The van der Waals surface area contributed by atoms with E-state index in [-0.39, 0.29) is 25.4 Å². The van der Waals surface area contributed by atoms with Crippen LogP contribution in [0.25, 0.3) is 22.5 Å². The van der Waals surface area contributed by atoms with Gasteiger partial charge in [-0.25, -0.2) is 14.6 Å².